The Morgan fingerprint density at radius 1 is 1.11 bits per heavy atom. The fourth-order valence-corrected chi connectivity index (χ4v) is 3.92. The van der Waals surface area contributed by atoms with E-state index in [1.54, 1.807) is 31.2 Å². The van der Waals surface area contributed by atoms with Crippen LogP contribution in [0.25, 0.3) is 0 Å². The molecule has 0 N–H and O–H groups in total. The zero-order valence-electron chi connectivity index (χ0n) is 15.7. The van der Waals surface area contributed by atoms with Crippen LogP contribution in [0, 0.1) is 17.0 Å². The third kappa shape index (κ3) is 5.61. The second-order valence-electron chi connectivity index (χ2n) is 6.13. The van der Waals surface area contributed by atoms with Gasteiger partial charge >= 0.3 is 5.97 Å². The standard InChI is InChI=1S/C19H22N2O6S/c1-3-27-19(22)14-20(28(25,26)18-10-4-15(2)5-11-18)13-12-16-6-8-17(9-7-16)21(23)24/h4-11H,3,12-14H2,1-2H3. The Labute approximate surface area is 163 Å². The third-order valence-electron chi connectivity index (χ3n) is 4.07. The number of carbonyl (C=O) groups is 1. The number of nitro benzene ring substituents is 1. The molecule has 0 amide bonds. The second kappa shape index (κ2) is 9.43. The maximum atomic E-state index is 13.0. The molecular weight excluding hydrogens is 384 g/mol. The summed E-state index contributed by atoms with van der Waals surface area (Å²) in [7, 11) is -3.90. The number of hydrogen-bond donors (Lipinski definition) is 0. The van der Waals surface area contributed by atoms with Gasteiger partial charge in [-0.2, -0.15) is 4.31 Å². The molecule has 0 heterocycles. The van der Waals surface area contributed by atoms with E-state index >= 15 is 0 Å². The molecule has 0 aromatic heterocycles. The molecule has 0 radical (unpaired) electrons. The summed E-state index contributed by atoms with van der Waals surface area (Å²) >= 11 is 0. The summed E-state index contributed by atoms with van der Waals surface area (Å²) in [6.45, 7) is 3.28. The summed E-state index contributed by atoms with van der Waals surface area (Å²) in [5, 5.41) is 10.7. The first kappa shape index (κ1) is 21.5. The Kier molecular flexibility index (Phi) is 7.24. The third-order valence-corrected chi connectivity index (χ3v) is 5.93. The van der Waals surface area contributed by atoms with Crippen molar-refractivity contribution in [2.45, 2.75) is 25.2 Å². The van der Waals surface area contributed by atoms with Crippen molar-refractivity contribution in [2.75, 3.05) is 19.7 Å². The molecule has 0 aliphatic rings. The molecule has 0 atom stereocenters. The average molecular weight is 406 g/mol. The molecule has 0 bridgehead atoms. The fraction of sp³-hybridized carbons (Fsp3) is 0.316. The highest BCUT2D eigenvalue weighted by Crippen LogP contribution is 2.18. The number of nitro groups is 1. The number of rotatable bonds is 9. The SMILES string of the molecule is CCOC(=O)CN(CCc1ccc([N+](=O)[O-])cc1)S(=O)(=O)c1ccc(C)cc1. The molecule has 0 saturated carbocycles. The van der Waals surface area contributed by atoms with Gasteiger partial charge in [-0.25, -0.2) is 8.42 Å². The van der Waals surface area contributed by atoms with Crippen molar-refractivity contribution in [3.63, 3.8) is 0 Å². The molecule has 28 heavy (non-hydrogen) atoms. The number of esters is 1. The van der Waals surface area contributed by atoms with Crippen LogP contribution in [-0.4, -0.2) is 43.3 Å². The van der Waals surface area contributed by atoms with Crippen molar-refractivity contribution in [2.24, 2.45) is 0 Å². The van der Waals surface area contributed by atoms with E-state index in [9.17, 15) is 23.3 Å². The van der Waals surface area contributed by atoms with Gasteiger partial charge in [0.2, 0.25) is 10.0 Å². The van der Waals surface area contributed by atoms with E-state index < -0.39 is 27.5 Å². The van der Waals surface area contributed by atoms with Crippen LogP contribution in [0.2, 0.25) is 0 Å². The van der Waals surface area contributed by atoms with E-state index in [0.29, 0.717) is 6.42 Å². The van der Waals surface area contributed by atoms with Crippen LogP contribution < -0.4 is 0 Å². The Hall–Kier alpha value is -2.78. The maximum Gasteiger partial charge on any atom is 0.321 e. The van der Waals surface area contributed by atoms with Crippen molar-refractivity contribution in [3.8, 4) is 0 Å². The highest BCUT2D eigenvalue weighted by atomic mass is 32.2. The summed E-state index contributed by atoms with van der Waals surface area (Å²) < 4.78 is 31.9. The van der Waals surface area contributed by atoms with Crippen molar-refractivity contribution >= 4 is 21.7 Å². The monoisotopic (exact) mass is 406 g/mol. The summed E-state index contributed by atoms with van der Waals surface area (Å²) in [6, 6.07) is 12.2. The molecule has 9 heteroatoms. The average Bonchev–Trinajstić information content (AvgIpc) is 2.66. The van der Waals surface area contributed by atoms with Gasteiger partial charge in [0.05, 0.1) is 16.4 Å². The zero-order valence-corrected chi connectivity index (χ0v) is 16.5. The van der Waals surface area contributed by atoms with Crippen molar-refractivity contribution < 1.29 is 22.9 Å². The number of sulfonamides is 1. The quantitative estimate of drug-likeness (QED) is 0.360. The van der Waals surface area contributed by atoms with Crippen LogP contribution in [-0.2, 0) is 26.0 Å². The molecule has 2 aromatic rings. The lowest BCUT2D eigenvalue weighted by molar-refractivity contribution is -0.384. The minimum Gasteiger partial charge on any atom is -0.465 e. The number of hydrogen-bond acceptors (Lipinski definition) is 6. The van der Waals surface area contributed by atoms with Gasteiger partial charge in [-0.1, -0.05) is 29.8 Å². The topological polar surface area (TPSA) is 107 Å². The largest absolute Gasteiger partial charge is 0.465 e. The van der Waals surface area contributed by atoms with Gasteiger partial charge in [-0.15, -0.1) is 0 Å². The Balaban J connectivity index is 2.22. The molecule has 2 rings (SSSR count). The van der Waals surface area contributed by atoms with Crippen LogP contribution in [0.3, 0.4) is 0 Å². The maximum absolute atomic E-state index is 13.0. The predicted molar refractivity (Wildman–Crippen MR) is 103 cm³/mol. The fourth-order valence-electron chi connectivity index (χ4n) is 2.53. The molecule has 0 aliphatic carbocycles. The number of non-ortho nitro benzene ring substituents is 1. The van der Waals surface area contributed by atoms with E-state index in [4.69, 9.17) is 4.74 Å². The van der Waals surface area contributed by atoms with Crippen LogP contribution in [0.5, 0.6) is 0 Å². The first-order valence-corrected chi connectivity index (χ1v) is 10.1. The molecule has 2 aromatic carbocycles. The van der Waals surface area contributed by atoms with Gasteiger partial charge in [0, 0.05) is 18.7 Å². The number of benzene rings is 2. The van der Waals surface area contributed by atoms with Crippen molar-refractivity contribution in [3.05, 3.63) is 69.8 Å². The van der Waals surface area contributed by atoms with E-state index in [1.165, 1.54) is 24.3 Å². The lowest BCUT2D eigenvalue weighted by atomic mass is 10.1. The van der Waals surface area contributed by atoms with Crippen molar-refractivity contribution in [1.29, 1.82) is 0 Å². The molecule has 0 spiro atoms. The number of aryl methyl sites for hydroxylation is 1. The van der Waals surface area contributed by atoms with Crippen molar-refractivity contribution in [1.82, 2.24) is 4.31 Å². The van der Waals surface area contributed by atoms with Gasteiger partial charge in [0.15, 0.2) is 0 Å². The Morgan fingerprint density at radius 3 is 2.25 bits per heavy atom. The van der Waals surface area contributed by atoms with Gasteiger partial charge in [0.1, 0.15) is 6.54 Å². The normalized spacial score (nSPS) is 11.4. The predicted octanol–water partition coefficient (Wildman–Crippen LogP) is 2.70. The lowest BCUT2D eigenvalue weighted by Gasteiger charge is -2.21. The first-order chi connectivity index (χ1) is 13.2. The Morgan fingerprint density at radius 2 is 1.71 bits per heavy atom. The minimum absolute atomic E-state index is 0.0346. The molecule has 8 nitrogen and oxygen atoms in total. The van der Waals surface area contributed by atoms with E-state index in [0.717, 1.165) is 15.4 Å². The van der Waals surface area contributed by atoms with Crippen LogP contribution >= 0.6 is 0 Å². The molecule has 0 fully saturated rings. The van der Waals surface area contributed by atoms with E-state index in [1.807, 2.05) is 6.92 Å². The molecular formula is C19H22N2O6S. The second-order valence-corrected chi connectivity index (χ2v) is 8.07. The minimum atomic E-state index is -3.90. The van der Waals surface area contributed by atoms with Gasteiger partial charge < -0.3 is 4.74 Å². The highest BCUT2D eigenvalue weighted by Gasteiger charge is 2.27. The molecule has 150 valence electrons. The summed E-state index contributed by atoms with van der Waals surface area (Å²) in [5.74, 6) is -0.637. The van der Waals surface area contributed by atoms with Crippen LogP contribution in [0.15, 0.2) is 53.4 Å². The lowest BCUT2D eigenvalue weighted by Crippen LogP contribution is -2.38. The number of nitrogens with zero attached hydrogens (tertiary/aromatic N) is 2. The number of ether oxygens (including phenoxy) is 1. The summed E-state index contributed by atoms with van der Waals surface area (Å²) in [5.41, 5.74) is 1.60. The summed E-state index contributed by atoms with van der Waals surface area (Å²) in [6.07, 6.45) is 0.294. The van der Waals surface area contributed by atoms with Gasteiger partial charge in [0.25, 0.3) is 5.69 Å². The highest BCUT2D eigenvalue weighted by molar-refractivity contribution is 7.89. The first-order valence-electron chi connectivity index (χ1n) is 8.70. The van der Waals surface area contributed by atoms with Crippen LogP contribution in [0.1, 0.15) is 18.1 Å². The smallest absolute Gasteiger partial charge is 0.321 e. The van der Waals surface area contributed by atoms with Crippen LogP contribution in [0.4, 0.5) is 5.69 Å². The Bertz CT molecular complexity index is 924. The van der Waals surface area contributed by atoms with Gasteiger partial charge in [-0.3, -0.25) is 14.9 Å². The van der Waals surface area contributed by atoms with E-state index in [2.05, 4.69) is 0 Å². The number of carbonyl (C=O) groups excluding carboxylic acids is 1. The molecule has 0 saturated heterocycles. The summed E-state index contributed by atoms with van der Waals surface area (Å²) in [4.78, 5) is 22.2. The van der Waals surface area contributed by atoms with E-state index in [-0.39, 0.29) is 23.7 Å². The zero-order chi connectivity index (χ0) is 20.7. The molecule has 0 unspecified atom stereocenters. The molecule has 0 aliphatic heterocycles. The van der Waals surface area contributed by atoms with Gasteiger partial charge in [-0.05, 0) is 38.0 Å².